The lowest BCUT2D eigenvalue weighted by Gasteiger charge is -2.21. The summed E-state index contributed by atoms with van der Waals surface area (Å²) in [5.41, 5.74) is -0.407. The fourth-order valence-electron chi connectivity index (χ4n) is 1.52. The lowest BCUT2D eigenvalue weighted by Crippen LogP contribution is -2.25. The molecule has 0 aliphatic rings. The number of aromatic nitrogens is 3. The monoisotopic (exact) mass is 287 g/mol. The number of aliphatic hydroxyl groups is 1. The van der Waals surface area contributed by atoms with Gasteiger partial charge in [-0.2, -0.15) is 0 Å². The second-order valence-corrected chi connectivity index (χ2v) is 5.10. The minimum atomic E-state index is -1.06. The van der Waals surface area contributed by atoms with Crippen molar-refractivity contribution < 1.29 is 5.11 Å². The molecule has 0 spiro atoms. The molecule has 2 aromatic rings. The normalized spacial score (nSPS) is 15.2. The van der Waals surface area contributed by atoms with Crippen LogP contribution in [0.5, 0.6) is 0 Å². The Balaban J connectivity index is 2.55. The summed E-state index contributed by atoms with van der Waals surface area (Å²) in [6, 6.07) is 3.80. The number of thiophene rings is 1. The van der Waals surface area contributed by atoms with E-state index in [1.165, 1.54) is 11.3 Å². The van der Waals surface area contributed by atoms with E-state index in [1.54, 1.807) is 18.7 Å². The van der Waals surface area contributed by atoms with E-state index in [0.29, 0.717) is 10.3 Å². The summed E-state index contributed by atoms with van der Waals surface area (Å²) in [4.78, 5) is 0.869. The van der Waals surface area contributed by atoms with Crippen LogP contribution in [-0.4, -0.2) is 20.1 Å². The highest BCUT2D eigenvalue weighted by Crippen LogP contribution is 2.34. The van der Waals surface area contributed by atoms with E-state index >= 15 is 0 Å². The van der Waals surface area contributed by atoms with Crippen molar-refractivity contribution in [1.29, 1.82) is 0 Å². The van der Waals surface area contributed by atoms with Crippen LogP contribution in [0.1, 0.15) is 17.5 Å². The topological polar surface area (TPSA) is 50.9 Å². The van der Waals surface area contributed by atoms with Crippen molar-refractivity contribution in [2.45, 2.75) is 12.5 Å². The van der Waals surface area contributed by atoms with Gasteiger partial charge in [-0.3, -0.25) is 0 Å². The smallest absolute Gasteiger partial charge is 0.154 e. The van der Waals surface area contributed by atoms with E-state index in [2.05, 4.69) is 26.2 Å². The summed E-state index contributed by atoms with van der Waals surface area (Å²) in [6.07, 6.45) is 0. The average Bonchev–Trinajstić information content (AvgIpc) is 2.75. The Labute approximate surface area is 99.7 Å². The highest BCUT2D eigenvalue weighted by Gasteiger charge is 2.33. The van der Waals surface area contributed by atoms with Crippen LogP contribution in [0, 0.1) is 0 Å². The van der Waals surface area contributed by atoms with Crippen LogP contribution >= 0.6 is 27.3 Å². The molecule has 0 radical (unpaired) electrons. The summed E-state index contributed by atoms with van der Waals surface area (Å²) in [7, 11) is 1.76. The Bertz CT molecular complexity index is 444. The van der Waals surface area contributed by atoms with Crippen molar-refractivity contribution in [3.05, 3.63) is 32.7 Å². The third kappa shape index (κ3) is 1.73. The highest BCUT2D eigenvalue weighted by atomic mass is 79.9. The van der Waals surface area contributed by atoms with Crippen molar-refractivity contribution in [3.8, 4) is 0 Å². The van der Waals surface area contributed by atoms with E-state index in [9.17, 15) is 5.11 Å². The molecule has 0 amide bonds. The van der Waals surface area contributed by atoms with Gasteiger partial charge in [0.1, 0.15) is 11.3 Å². The van der Waals surface area contributed by atoms with Gasteiger partial charge in [0.25, 0.3) is 0 Å². The van der Waals surface area contributed by atoms with E-state index in [1.807, 2.05) is 17.5 Å². The maximum atomic E-state index is 10.5. The standard InChI is InChI=1S/C9H10BrN3OS/c1-9(14,6-4-3-5-15-6)7-8(10)11-12-13(7)2/h3-5,14H,1-2H3. The first-order valence-electron chi connectivity index (χ1n) is 4.35. The minimum Gasteiger partial charge on any atom is -0.378 e. The van der Waals surface area contributed by atoms with Crippen molar-refractivity contribution >= 4 is 27.3 Å². The van der Waals surface area contributed by atoms with Crippen LogP contribution in [0.2, 0.25) is 0 Å². The molecular formula is C9H10BrN3OS. The van der Waals surface area contributed by atoms with Gasteiger partial charge < -0.3 is 5.11 Å². The fourth-order valence-corrected chi connectivity index (χ4v) is 3.02. The molecule has 15 heavy (non-hydrogen) atoms. The predicted molar refractivity (Wildman–Crippen MR) is 61.7 cm³/mol. The van der Waals surface area contributed by atoms with Crippen molar-refractivity contribution in [1.82, 2.24) is 15.0 Å². The van der Waals surface area contributed by atoms with Gasteiger partial charge in [-0.15, -0.1) is 16.4 Å². The first kappa shape index (κ1) is 10.8. The molecule has 0 aliphatic carbocycles. The fraction of sp³-hybridized carbons (Fsp3) is 0.333. The summed E-state index contributed by atoms with van der Waals surface area (Å²) in [6.45, 7) is 1.74. The molecule has 0 saturated carbocycles. The van der Waals surface area contributed by atoms with Crippen LogP contribution < -0.4 is 0 Å². The molecule has 1 N–H and O–H groups in total. The molecule has 1 unspecified atom stereocenters. The summed E-state index contributed by atoms with van der Waals surface area (Å²) in [5, 5.41) is 20.1. The van der Waals surface area contributed by atoms with Gasteiger partial charge in [-0.05, 0) is 34.3 Å². The zero-order valence-electron chi connectivity index (χ0n) is 8.31. The van der Waals surface area contributed by atoms with Crippen LogP contribution in [0.3, 0.4) is 0 Å². The van der Waals surface area contributed by atoms with Crippen LogP contribution in [0.25, 0.3) is 0 Å². The summed E-state index contributed by atoms with van der Waals surface area (Å²) in [5.74, 6) is 0. The van der Waals surface area contributed by atoms with Gasteiger partial charge >= 0.3 is 0 Å². The number of rotatable bonds is 2. The number of aryl methyl sites for hydroxylation is 1. The molecule has 0 saturated heterocycles. The Kier molecular flexibility index (Phi) is 2.66. The molecule has 80 valence electrons. The van der Waals surface area contributed by atoms with E-state index in [0.717, 1.165) is 4.88 Å². The molecule has 0 fully saturated rings. The quantitative estimate of drug-likeness (QED) is 0.918. The zero-order chi connectivity index (χ0) is 11.1. The van der Waals surface area contributed by atoms with Crippen LogP contribution in [0.15, 0.2) is 22.1 Å². The number of hydrogen-bond donors (Lipinski definition) is 1. The third-order valence-corrected chi connectivity index (χ3v) is 3.86. The maximum absolute atomic E-state index is 10.5. The average molecular weight is 288 g/mol. The summed E-state index contributed by atoms with van der Waals surface area (Å²) < 4.78 is 2.15. The van der Waals surface area contributed by atoms with Gasteiger partial charge in [0, 0.05) is 11.9 Å². The second-order valence-electron chi connectivity index (χ2n) is 3.40. The van der Waals surface area contributed by atoms with Crippen molar-refractivity contribution in [3.63, 3.8) is 0 Å². The molecular weight excluding hydrogens is 278 g/mol. The molecule has 4 nitrogen and oxygen atoms in total. The van der Waals surface area contributed by atoms with Gasteiger partial charge in [0.2, 0.25) is 0 Å². The number of nitrogens with zero attached hydrogens (tertiary/aromatic N) is 3. The van der Waals surface area contributed by atoms with Gasteiger partial charge in [0.05, 0.1) is 0 Å². The minimum absolute atomic E-state index is 0.573. The van der Waals surface area contributed by atoms with Gasteiger partial charge in [-0.1, -0.05) is 11.3 Å². The molecule has 2 aromatic heterocycles. The zero-order valence-corrected chi connectivity index (χ0v) is 10.7. The SMILES string of the molecule is Cn1nnc(Br)c1C(C)(O)c1cccs1. The predicted octanol–water partition coefficient (Wildman–Crippen LogP) is 1.89. The van der Waals surface area contributed by atoms with Crippen molar-refractivity contribution in [2.24, 2.45) is 7.05 Å². The first-order chi connectivity index (χ1) is 7.03. The first-order valence-corrected chi connectivity index (χ1v) is 6.02. The summed E-state index contributed by atoms with van der Waals surface area (Å²) >= 11 is 4.79. The molecule has 0 aromatic carbocycles. The second kappa shape index (κ2) is 3.70. The lowest BCUT2D eigenvalue weighted by atomic mass is 10.0. The molecule has 0 aliphatic heterocycles. The Morgan fingerprint density at radius 1 is 1.60 bits per heavy atom. The van der Waals surface area contributed by atoms with Gasteiger partial charge in [0.15, 0.2) is 4.60 Å². The van der Waals surface area contributed by atoms with E-state index < -0.39 is 5.60 Å². The largest absolute Gasteiger partial charge is 0.378 e. The number of hydrogen-bond acceptors (Lipinski definition) is 4. The third-order valence-electron chi connectivity index (χ3n) is 2.25. The molecule has 0 bridgehead atoms. The lowest BCUT2D eigenvalue weighted by molar-refractivity contribution is 0.0960. The number of halogens is 1. The Morgan fingerprint density at radius 2 is 2.33 bits per heavy atom. The maximum Gasteiger partial charge on any atom is 0.154 e. The van der Waals surface area contributed by atoms with E-state index in [4.69, 9.17) is 0 Å². The molecule has 2 rings (SSSR count). The van der Waals surface area contributed by atoms with E-state index in [-0.39, 0.29) is 0 Å². The molecule has 1 atom stereocenters. The Hall–Kier alpha value is -0.720. The van der Waals surface area contributed by atoms with Crippen molar-refractivity contribution in [2.75, 3.05) is 0 Å². The molecule has 6 heteroatoms. The highest BCUT2D eigenvalue weighted by molar-refractivity contribution is 9.10. The van der Waals surface area contributed by atoms with Crippen LogP contribution in [-0.2, 0) is 12.6 Å². The Morgan fingerprint density at radius 3 is 2.80 bits per heavy atom. The van der Waals surface area contributed by atoms with Crippen LogP contribution in [0.4, 0.5) is 0 Å². The van der Waals surface area contributed by atoms with Gasteiger partial charge in [-0.25, -0.2) is 4.68 Å². The molecule has 2 heterocycles.